The molecule has 148 valence electrons. The van der Waals surface area contributed by atoms with E-state index in [1.165, 1.54) is 4.90 Å². The molecule has 0 radical (unpaired) electrons. The summed E-state index contributed by atoms with van der Waals surface area (Å²) in [5.74, 6) is 2.08. The van der Waals surface area contributed by atoms with Crippen molar-refractivity contribution in [2.45, 2.75) is 60.4 Å². The summed E-state index contributed by atoms with van der Waals surface area (Å²) < 4.78 is 10.6. The van der Waals surface area contributed by atoms with Gasteiger partial charge in [0, 0.05) is 19.9 Å². The van der Waals surface area contributed by atoms with E-state index in [-0.39, 0.29) is 12.1 Å². The van der Waals surface area contributed by atoms with Gasteiger partial charge in [-0.15, -0.1) is 0 Å². The molecule has 2 rings (SSSR count). The van der Waals surface area contributed by atoms with Gasteiger partial charge in [0.05, 0.1) is 6.54 Å². The topological polar surface area (TPSA) is 89.4 Å². The minimum atomic E-state index is -0.600. The molecule has 2 heterocycles. The number of nitrogens with zero attached hydrogens (tertiary/aromatic N) is 3. The lowest BCUT2D eigenvalue weighted by molar-refractivity contribution is 0.0763. The zero-order valence-corrected chi connectivity index (χ0v) is 17.0. The summed E-state index contributed by atoms with van der Waals surface area (Å²) >= 11 is 0. The molecule has 2 aromatic rings. The van der Waals surface area contributed by atoms with Gasteiger partial charge in [-0.05, 0) is 36.8 Å². The summed E-state index contributed by atoms with van der Waals surface area (Å²) in [6.45, 7) is 10.3. The Morgan fingerprint density at radius 2 is 1.93 bits per heavy atom. The molecule has 0 fully saturated rings. The van der Waals surface area contributed by atoms with Crippen LogP contribution in [0, 0.1) is 18.8 Å². The first kappa shape index (κ1) is 20.9. The molecule has 0 saturated carbocycles. The van der Waals surface area contributed by atoms with Crippen molar-refractivity contribution >= 4 is 5.91 Å². The van der Waals surface area contributed by atoms with Gasteiger partial charge in [0.1, 0.15) is 11.3 Å². The highest BCUT2D eigenvalue weighted by Crippen LogP contribution is 2.14. The van der Waals surface area contributed by atoms with Crippen LogP contribution in [-0.4, -0.2) is 28.0 Å². The van der Waals surface area contributed by atoms with Crippen molar-refractivity contribution < 1.29 is 13.7 Å². The second-order valence-corrected chi connectivity index (χ2v) is 7.85. The predicted octanol–water partition coefficient (Wildman–Crippen LogP) is 3.39. The van der Waals surface area contributed by atoms with Crippen LogP contribution in [0.25, 0.3) is 0 Å². The van der Waals surface area contributed by atoms with Gasteiger partial charge in [0.2, 0.25) is 5.89 Å². The first-order valence-electron chi connectivity index (χ1n) is 9.37. The van der Waals surface area contributed by atoms with Crippen molar-refractivity contribution in [1.82, 2.24) is 15.0 Å². The normalized spacial score (nSPS) is 11.4. The summed E-state index contributed by atoms with van der Waals surface area (Å²) in [5.41, 5.74) is 0.0669. The standard InChI is InChI=1S/C20H29N3O4/c1-12(2)7-8-15-10-14(5)18(20(25)26-15)19(24)23(6)11-17-21-16(22-27-17)9-13(3)4/h10,12-13H,7-9,11H2,1-6H3. The molecule has 27 heavy (non-hydrogen) atoms. The fraction of sp³-hybridized carbons (Fsp3) is 0.600. The minimum Gasteiger partial charge on any atom is -0.427 e. The van der Waals surface area contributed by atoms with Crippen LogP contribution in [0.15, 0.2) is 19.8 Å². The average molecular weight is 375 g/mol. The second kappa shape index (κ2) is 8.97. The Balaban J connectivity index is 2.11. The first-order valence-corrected chi connectivity index (χ1v) is 9.37. The fourth-order valence-corrected chi connectivity index (χ4v) is 2.75. The minimum absolute atomic E-state index is 0.0488. The number of carbonyl (C=O) groups is 1. The lowest BCUT2D eigenvalue weighted by atomic mass is 10.0. The zero-order chi connectivity index (χ0) is 20.1. The third-order valence-electron chi connectivity index (χ3n) is 4.20. The van der Waals surface area contributed by atoms with Crippen molar-refractivity contribution in [3.05, 3.63) is 45.1 Å². The third kappa shape index (κ3) is 5.77. The van der Waals surface area contributed by atoms with E-state index in [1.807, 2.05) is 0 Å². The van der Waals surface area contributed by atoms with E-state index in [1.54, 1.807) is 20.0 Å². The summed E-state index contributed by atoms with van der Waals surface area (Å²) in [7, 11) is 1.60. The summed E-state index contributed by atoms with van der Waals surface area (Å²) in [5, 5.41) is 3.92. The largest absolute Gasteiger partial charge is 0.427 e. The quantitative estimate of drug-likeness (QED) is 0.702. The first-order chi connectivity index (χ1) is 12.7. The van der Waals surface area contributed by atoms with E-state index < -0.39 is 11.5 Å². The number of aryl methyl sites for hydroxylation is 2. The van der Waals surface area contributed by atoms with Gasteiger partial charge >= 0.3 is 5.63 Å². The zero-order valence-electron chi connectivity index (χ0n) is 17.0. The molecule has 0 aliphatic heterocycles. The van der Waals surface area contributed by atoms with Crippen molar-refractivity contribution in [2.75, 3.05) is 7.05 Å². The number of amides is 1. The maximum absolute atomic E-state index is 12.7. The highest BCUT2D eigenvalue weighted by atomic mass is 16.5. The molecule has 0 saturated heterocycles. The summed E-state index contributed by atoms with van der Waals surface area (Å²) in [6.07, 6.45) is 2.31. The van der Waals surface area contributed by atoms with Crippen molar-refractivity contribution in [3.63, 3.8) is 0 Å². The number of carbonyl (C=O) groups excluding carboxylic acids is 1. The summed E-state index contributed by atoms with van der Waals surface area (Å²) in [4.78, 5) is 30.8. The Bertz CT molecular complexity index is 836. The highest BCUT2D eigenvalue weighted by Gasteiger charge is 2.22. The van der Waals surface area contributed by atoms with Gasteiger partial charge in [-0.2, -0.15) is 4.98 Å². The van der Waals surface area contributed by atoms with Crippen LogP contribution in [0.1, 0.15) is 67.5 Å². The Morgan fingerprint density at radius 3 is 2.52 bits per heavy atom. The Kier molecular flexibility index (Phi) is 6.93. The van der Waals surface area contributed by atoms with Gasteiger partial charge in [-0.3, -0.25) is 4.79 Å². The lowest BCUT2D eigenvalue weighted by Crippen LogP contribution is -2.31. The number of aromatic nitrogens is 2. The predicted molar refractivity (Wildman–Crippen MR) is 102 cm³/mol. The number of hydrogen-bond acceptors (Lipinski definition) is 6. The molecule has 0 N–H and O–H groups in total. The van der Waals surface area contributed by atoms with Crippen LogP contribution in [0.2, 0.25) is 0 Å². The number of rotatable bonds is 8. The van der Waals surface area contributed by atoms with Crippen molar-refractivity contribution in [1.29, 1.82) is 0 Å². The van der Waals surface area contributed by atoms with Crippen LogP contribution in [0.3, 0.4) is 0 Å². The van der Waals surface area contributed by atoms with E-state index in [0.717, 1.165) is 6.42 Å². The monoisotopic (exact) mass is 375 g/mol. The van der Waals surface area contributed by atoms with Crippen LogP contribution < -0.4 is 5.63 Å². The molecule has 0 aromatic carbocycles. The van der Waals surface area contributed by atoms with Crippen molar-refractivity contribution in [2.24, 2.45) is 11.8 Å². The van der Waals surface area contributed by atoms with Gasteiger partial charge in [-0.1, -0.05) is 32.9 Å². The van der Waals surface area contributed by atoms with Gasteiger partial charge < -0.3 is 13.8 Å². The van der Waals surface area contributed by atoms with E-state index in [2.05, 4.69) is 37.8 Å². The average Bonchev–Trinajstić information content (AvgIpc) is 2.98. The van der Waals surface area contributed by atoms with Crippen LogP contribution in [0.4, 0.5) is 0 Å². The molecule has 0 spiro atoms. The van der Waals surface area contributed by atoms with E-state index in [0.29, 0.717) is 47.7 Å². The van der Waals surface area contributed by atoms with Crippen LogP contribution in [0.5, 0.6) is 0 Å². The molecule has 0 atom stereocenters. The second-order valence-electron chi connectivity index (χ2n) is 7.85. The molecule has 0 bridgehead atoms. The molecule has 2 aromatic heterocycles. The molecule has 7 heteroatoms. The Hall–Kier alpha value is -2.44. The molecule has 0 unspecified atom stereocenters. The molecular formula is C20H29N3O4. The number of hydrogen-bond donors (Lipinski definition) is 0. The fourth-order valence-electron chi connectivity index (χ4n) is 2.75. The maximum atomic E-state index is 12.7. The Morgan fingerprint density at radius 1 is 1.22 bits per heavy atom. The van der Waals surface area contributed by atoms with Gasteiger partial charge in [0.25, 0.3) is 5.91 Å². The smallest absolute Gasteiger partial charge is 0.349 e. The van der Waals surface area contributed by atoms with E-state index in [4.69, 9.17) is 8.94 Å². The van der Waals surface area contributed by atoms with Gasteiger partial charge in [-0.25, -0.2) is 4.79 Å². The molecular weight excluding hydrogens is 346 g/mol. The molecule has 0 aliphatic carbocycles. The summed E-state index contributed by atoms with van der Waals surface area (Å²) in [6, 6.07) is 1.78. The Labute approximate surface area is 159 Å². The van der Waals surface area contributed by atoms with E-state index >= 15 is 0 Å². The SMILES string of the molecule is Cc1cc(CCC(C)C)oc(=O)c1C(=O)N(C)Cc1nc(CC(C)C)no1. The molecule has 1 amide bonds. The van der Waals surface area contributed by atoms with E-state index in [9.17, 15) is 9.59 Å². The van der Waals surface area contributed by atoms with Crippen LogP contribution >= 0.6 is 0 Å². The molecule has 7 nitrogen and oxygen atoms in total. The third-order valence-corrected chi connectivity index (χ3v) is 4.20. The molecule has 0 aliphatic rings. The highest BCUT2D eigenvalue weighted by molar-refractivity contribution is 5.94. The lowest BCUT2D eigenvalue weighted by Gasteiger charge is -2.15. The van der Waals surface area contributed by atoms with Crippen molar-refractivity contribution in [3.8, 4) is 0 Å². The maximum Gasteiger partial charge on any atom is 0.349 e. The van der Waals surface area contributed by atoms with Gasteiger partial charge in [0.15, 0.2) is 5.82 Å². The van der Waals surface area contributed by atoms with Crippen LogP contribution in [-0.2, 0) is 19.4 Å².